The maximum atomic E-state index is 14.8. The van der Waals surface area contributed by atoms with E-state index >= 15 is 0 Å². The van der Waals surface area contributed by atoms with Crippen molar-refractivity contribution in [1.29, 1.82) is 0 Å². The molecule has 0 bridgehead atoms. The van der Waals surface area contributed by atoms with E-state index in [1.165, 1.54) is 30.9 Å². The average molecular weight is 809 g/mol. The summed E-state index contributed by atoms with van der Waals surface area (Å²) in [6.07, 6.45) is 3.46. The Balaban J connectivity index is 1.20. The zero-order valence-corrected chi connectivity index (χ0v) is 34.8. The summed E-state index contributed by atoms with van der Waals surface area (Å²) in [4.78, 5) is 66.7. The molecule has 8 atom stereocenters. The van der Waals surface area contributed by atoms with Crippen LogP contribution in [0.1, 0.15) is 92.9 Å². The van der Waals surface area contributed by atoms with Gasteiger partial charge in [-0.2, -0.15) is 0 Å². The van der Waals surface area contributed by atoms with Gasteiger partial charge in [-0.3, -0.25) is 19.2 Å². The number of likely N-dealkylation sites (tertiary alicyclic amines) is 1. The first kappa shape index (κ1) is 40.2. The second kappa shape index (κ2) is 15.4. The van der Waals surface area contributed by atoms with Crippen molar-refractivity contribution in [2.45, 2.75) is 117 Å². The molecule has 1 saturated heterocycles. The van der Waals surface area contributed by atoms with Crippen LogP contribution in [0, 0.1) is 34.5 Å². The molecule has 3 heterocycles. The summed E-state index contributed by atoms with van der Waals surface area (Å²) in [5, 5.41) is 17.0. The minimum absolute atomic E-state index is 0.0138. The number of benzene rings is 1. The third kappa shape index (κ3) is 8.08. The van der Waals surface area contributed by atoms with E-state index in [4.69, 9.17) is 35.8 Å². The lowest BCUT2D eigenvalue weighted by molar-refractivity contribution is -0.157. The minimum Gasteiger partial charge on any atom is -0.506 e. The monoisotopic (exact) mass is 808 g/mol. The van der Waals surface area contributed by atoms with Gasteiger partial charge in [0, 0.05) is 35.7 Å². The lowest BCUT2D eigenvalue weighted by atomic mass is 9.77. The number of pyridine rings is 1. The number of Topliss-reactive ketones (excluding diaryl/α,β-unsaturated/α-hetero) is 1. The van der Waals surface area contributed by atoms with Crippen LogP contribution in [-0.4, -0.2) is 81.5 Å². The third-order valence-electron chi connectivity index (χ3n) is 12.3. The highest BCUT2D eigenvalue weighted by Crippen LogP contribution is 2.58. The molecule has 1 amide bonds. The van der Waals surface area contributed by atoms with Gasteiger partial charge in [0.05, 0.1) is 48.7 Å². The minimum atomic E-state index is -0.921. The van der Waals surface area contributed by atoms with E-state index < -0.39 is 40.8 Å². The normalized spacial score (nSPS) is 27.2. The second-order valence-electron chi connectivity index (χ2n) is 17.7. The van der Waals surface area contributed by atoms with E-state index in [1.807, 2.05) is 46.9 Å². The number of phenols is 1. The van der Waals surface area contributed by atoms with Crippen LogP contribution in [0.15, 0.2) is 23.6 Å². The predicted molar refractivity (Wildman–Crippen MR) is 214 cm³/mol. The van der Waals surface area contributed by atoms with Gasteiger partial charge in [0.1, 0.15) is 34.4 Å². The number of aromatic hydroxyl groups is 1. The van der Waals surface area contributed by atoms with Crippen LogP contribution in [0.25, 0.3) is 22.3 Å². The Morgan fingerprint density at radius 1 is 1.07 bits per heavy atom. The molecule has 3 saturated carbocycles. The molecule has 0 spiro atoms. The van der Waals surface area contributed by atoms with Gasteiger partial charge in [0.15, 0.2) is 10.9 Å². The summed E-state index contributed by atoms with van der Waals surface area (Å²) < 4.78 is 17.8. The van der Waals surface area contributed by atoms with Crippen molar-refractivity contribution < 1.29 is 38.5 Å². The molecule has 302 valence electrons. The Morgan fingerprint density at radius 2 is 1.80 bits per heavy atom. The smallest absolute Gasteiger partial charge is 0.312 e. The number of esters is 2. The summed E-state index contributed by atoms with van der Waals surface area (Å²) in [7, 11) is 1.34. The molecular formula is C42H53ClN4O8S. The van der Waals surface area contributed by atoms with Gasteiger partial charge in [-0.05, 0) is 74.8 Å². The quantitative estimate of drug-likeness (QED) is 0.153. The Kier molecular flexibility index (Phi) is 11.1. The number of aromatic nitrogens is 2. The van der Waals surface area contributed by atoms with Crippen LogP contribution in [0.4, 0.5) is 5.13 Å². The Bertz CT molecular complexity index is 2020. The van der Waals surface area contributed by atoms with E-state index in [1.54, 1.807) is 17.0 Å². The molecule has 1 unspecified atom stereocenters. The number of methoxy groups -OCH3 is 1. The first-order valence-electron chi connectivity index (χ1n) is 19.8. The zero-order chi connectivity index (χ0) is 40.3. The first-order valence-corrected chi connectivity index (χ1v) is 21.1. The molecule has 14 heteroatoms. The predicted octanol–water partition coefficient (Wildman–Crippen LogP) is 7.83. The molecule has 0 radical (unpaired) electrons. The summed E-state index contributed by atoms with van der Waals surface area (Å²) in [6, 6.07) is 4.16. The first-order chi connectivity index (χ1) is 26.5. The Morgan fingerprint density at radius 3 is 2.45 bits per heavy atom. The van der Waals surface area contributed by atoms with Gasteiger partial charge >= 0.3 is 11.9 Å². The number of nitrogens with one attached hydrogen (secondary N) is 1. The number of fused-ring (bicyclic) bond motifs is 2. The van der Waals surface area contributed by atoms with Crippen LogP contribution in [0.5, 0.6) is 11.5 Å². The number of thiazole rings is 1. The Labute approximate surface area is 337 Å². The van der Waals surface area contributed by atoms with Gasteiger partial charge < -0.3 is 29.5 Å². The van der Waals surface area contributed by atoms with Crippen LogP contribution < -0.4 is 10.1 Å². The highest BCUT2D eigenvalue weighted by atomic mass is 35.5. The van der Waals surface area contributed by atoms with Crippen molar-refractivity contribution in [1.82, 2.24) is 14.9 Å². The second-order valence-corrected chi connectivity index (χ2v) is 18.9. The van der Waals surface area contributed by atoms with Crippen LogP contribution in [0.3, 0.4) is 0 Å². The SMILES string of the molecule is CC[C@@H]1C[C@]1(CC(=O)[C@@H]1C[C@@H](Oc2cc(-c3csc(NC(C)C)n3)nc3c(Cl)c(O)ccc23)CN1C(=O)[C@@H](CC(=O)OC1C[C@@H]2C[C@@H]2C1)C(C)(C)C)C(=O)OC. The highest BCUT2D eigenvalue weighted by molar-refractivity contribution is 7.14. The van der Waals surface area contributed by atoms with Gasteiger partial charge in [0.25, 0.3) is 0 Å². The van der Waals surface area contributed by atoms with Crippen molar-refractivity contribution in [3.63, 3.8) is 0 Å². The highest BCUT2D eigenvalue weighted by Gasteiger charge is 2.62. The zero-order valence-electron chi connectivity index (χ0n) is 33.2. The fourth-order valence-corrected chi connectivity index (χ4v) is 10.0. The number of amides is 1. The molecule has 4 aliphatic rings. The van der Waals surface area contributed by atoms with E-state index in [0.29, 0.717) is 46.3 Å². The van der Waals surface area contributed by atoms with Crippen molar-refractivity contribution in [3.8, 4) is 22.9 Å². The molecule has 2 aromatic heterocycles. The fourth-order valence-electron chi connectivity index (χ4n) is 8.97. The standard InChI is InChI=1S/C42H53ClN4O8S/c1-8-24-17-42(24,39(52)53-7)18-33(49)31-14-26(19-47(31)38(51)28(41(4,5)6)15-35(50)55-25-12-22-11-23(22)13-25)54-34-16-29(30-20-56-40(46-30)44-21(2)3)45-37-27(34)9-10-32(48)36(37)43/h9-10,16,20-26,28,31,48H,8,11-15,17-19H2,1-7H3,(H,44,46)/t22-,23+,24-,25?,26-,28-,31+,42-/m1/s1. The summed E-state index contributed by atoms with van der Waals surface area (Å²) in [5.74, 6) is -0.603. The van der Waals surface area contributed by atoms with Crippen LogP contribution in [0.2, 0.25) is 5.02 Å². The number of hydrogen-bond donors (Lipinski definition) is 2. The summed E-state index contributed by atoms with van der Waals surface area (Å²) >= 11 is 8.05. The summed E-state index contributed by atoms with van der Waals surface area (Å²) in [6.45, 7) is 11.8. The fraction of sp³-hybridized carbons (Fsp3) is 0.619. The van der Waals surface area contributed by atoms with Gasteiger partial charge in [-0.1, -0.05) is 45.7 Å². The number of phenolic OH excluding ortho intramolecular Hbond substituents is 1. The van der Waals surface area contributed by atoms with Gasteiger partial charge in [-0.15, -0.1) is 11.3 Å². The topological polar surface area (TPSA) is 157 Å². The van der Waals surface area contributed by atoms with Crippen LogP contribution >= 0.6 is 22.9 Å². The van der Waals surface area contributed by atoms with E-state index in [9.17, 15) is 24.3 Å². The van der Waals surface area contributed by atoms with Gasteiger partial charge in [0.2, 0.25) is 5.91 Å². The third-order valence-corrected chi connectivity index (χ3v) is 13.4. The number of carbonyl (C=O) groups is 4. The molecule has 12 nitrogen and oxygen atoms in total. The molecule has 2 N–H and O–H groups in total. The molecule has 4 fully saturated rings. The average Bonchev–Trinajstić information content (AvgIpc) is 3.80. The molecule has 3 aromatic rings. The molecule has 1 aliphatic heterocycles. The number of hydrogen-bond acceptors (Lipinski definition) is 12. The maximum absolute atomic E-state index is 14.8. The number of anilines is 1. The Hall–Kier alpha value is -3.97. The van der Waals surface area contributed by atoms with Crippen molar-refractivity contribution >= 4 is 62.6 Å². The van der Waals surface area contributed by atoms with Crippen molar-refractivity contribution in [2.75, 3.05) is 19.0 Å². The van der Waals surface area contributed by atoms with Crippen LogP contribution in [-0.2, 0) is 28.7 Å². The molecule has 3 aliphatic carbocycles. The summed E-state index contributed by atoms with van der Waals surface area (Å²) in [5.41, 5.74) is -0.192. The van der Waals surface area contributed by atoms with Gasteiger partial charge in [-0.25, -0.2) is 9.97 Å². The van der Waals surface area contributed by atoms with E-state index in [-0.39, 0.29) is 66.3 Å². The number of carbonyl (C=O) groups excluding carboxylic acids is 4. The molecular weight excluding hydrogens is 756 g/mol. The van der Waals surface area contributed by atoms with Crippen molar-refractivity contribution in [3.05, 3.63) is 28.6 Å². The maximum Gasteiger partial charge on any atom is 0.312 e. The molecule has 56 heavy (non-hydrogen) atoms. The van der Waals surface area contributed by atoms with E-state index in [0.717, 1.165) is 24.4 Å². The lowest BCUT2D eigenvalue weighted by Gasteiger charge is -2.35. The van der Waals surface area contributed by atoms with E-state index in [2.05, 4.69) is 5.32 Å². The number of nitrogens with zero attached hydrogens (tertiary/aromatic N) is 3. The molecule has 7 rings (SSSR count). The number of ketones is 1. The van der Waals surface area contributed by atoms with Crippen molar-refractivity contribution in [2.24, 2.45) is 34.5 Å². The lowest BCUT2D eigenvalue weighted by Crippen LogP contribution is -2.48. The number of ether oxygens (including phenoxy) is 3. The number of rotatable bonds is 14. The largest absolute Gasteiger partial charge is 0.506 e. The molecule has 1 aromatic carbocycles. The number of halogens is 1.